The topological polar surface area (TPSA) is 135 Å². The number of anilines is 2. The minimum atomic E-state index is -1.17. The zero-order valence-corrected chi connectivity index (χ0v) is 22.3. The predicted octanol–water partition coefficient (Wildman–Crippen LogP) is 4.61. The van der Waals surface area contributed by atoms with E-state index in [0.29, 0.717) is 10.6 Å². The third kappa shape index (κ3) is 6.57. The molecule has 0 saturated carbocycles. The first-order valence-electron chi connectivity index (χ1n) is 11.7. The molecule has 12 heteroatoms. The van der Waals surface area contributed by atoms with E-state index in [1.54, 1.807) is 53.7 Å². The summed E-state index contributed by atoms with van der Waals surface area (Å²) in [5.74, 6) is -1.97. The van der Waals surface area contributed by atoms with Crippen molar-refractivity contribution in [3.05, 3.63) is 53.6 Å². The molecule has 2 heterocycles. The molecule has 3 aromatic rings. The maximum Gasteiger partial charge on any atom is 0.427 e. The molecule has 0 unspecified atom stereocenters. The molecule has 2 aromatic heterocycles. The minimum absolute atomic E-state index is 0.0391. The fraction of sp³-hybridized carbons (Fsp3) is 0.385. The van der Waals surface area contributed by atoms with Crippen LogP contribution < -0.4 is 9.80 Å². The van der Waals surface area contributed by atoms with Crippen molar-refractivity contribution in [1.29, 1.82) is 0 Å². The summed E-state index contributed by atoms with van der Waals surface area (Å²) in [6.07, 6.45) is -2.35. The van der Waals surface area contributed by atoms with Crippen LogP contribution in [0.5, 0.6) is 0 Å². The van der Waals surface area contributed by atoms with Crippen LogP contribution in [-0.2, 0) is 16.1 Å². The largest absolute Gasteiger partial charge is 0.443 e. The molecule has 0 aliphatic heterocycles. The smallest absolute Gasteiger partial charge is 0.427 e. The molecule has 202 valence electrons. The summed E-state index contributed by atoms with van der Waals surface area (Å²) in [5, 5.41) is 9.45. The average molecular weight is 528 g/mol. The monoisotopic (exact) mass is 527 g/mol. The van der Waals surface area contributed by atoms with Crippen molar-refractivity contribution in [1.82, 2.24) is 15.0 Å². The Kier molecular flexibility index (Phi) is 7.96. The second-order valence-electron chi connectivity index (χ2n) is 10.3. The number of para-hydroxylation sites is 1. The number of hydrogen-bond donors (Lipinski definition) is 1. The van der Waals surface area contributed by atoms with Gasteiger partial charge in [-0.15, -0.1) is 4.90 Å². The highest BCUT2D eigenvalue weighted by Gasteiger charge is 2.36. The Bertz CT molecular complexity index is 1350. The summed E-state index contributed by atoms with van der Waals surface area (Å²) in [4.78, 5) is 53.9. The van der Waals surface area contributed by atoms with E-state index in [0.717, 1.165) is 11.0 Å². The van der Waals surface area contributed by atoms with Crippen molar-refractivity contribution in [2.45, 2.75) is 59.4 Å². The highest BCUT2D eigenvalue weighted by atomic mass is 19.1. The normalized spacial score (nSPS) is 11.7. The molecule has 0 aliphatic rings. The molecule has 11 nitrogen and oxygen atoms in total. The minimum Gasteiger partial charge on any atom is -0.443 e. The van der Waals surface area contributed by atoms with Crippen molar-refractivity contribution in [2.75, 3.05) is 16.8 Å². The van der Waals surface area contributed by atoms with E-state index in [-0.39, 0.29) is 29.0 Å². The van der Waals surface area contributed by atoms with Crippen LogP contribution in [0.4, 0.5) is 25.7 Å². The molecule has 0 spiro atoms. The van der Waals surface area contributed by atoms with E-state index in [1.807, 2.05) is 0 Å². The van der Waals surface area contributed by atoms with E-state index in [9.17, 15) is 23.9 Å². The summed E-state index contributed by atoms with van der Waals surface area (Å²) >= 11 is 0. The van der Waals surface area contributed by atoms with Gasteiger partial charge in [-0.05, 0) is 59.7 Å². The van der Waals surface area contributed by atoms with Gasteiger partial charge in [-0.1, -0.05) is 18.2 Å². The van der Waals surface area contributed by atoms with Crippen LogP contribution in [-0.4, -0.2) is 56.4 Å². The Hall–Kier alpha value is -4.19. The number of amides is 3. The predicted molar refractivity (Wildman–Crippen MR) is 137 cm³/mol. The van der Waals surface area contributed by atoms with Gasteiger partial charge in [0.15, 0.2) is 0 Å². The van der Waals surface area contributed by atoms with Crippen molar-refractivity contribution < 1.29 is 33.4 Å². The van der Waals surface area contributed by atoms with Crippen LogP contribution in [0.1, 0.15) is 57.7 Å². The Morgan fingerprint density at radius 1 is 0.895 bits per heavy atom. The number of pyridine rings is 1. The quantitative estimate of drug-likeness (QED) is 0.516. The van der Waals surface area contributed by atoms with Gasteiger partial charge in [-0.2, -0.15) is 0 Å². The Morgan fingerprint density at radius 2 is 1.47 bits per heavy atom. The second-order valence-corrected chi connectivity index (χ2v) is 10.3. The second kappa shape index (κ2) is 10.7. The maximum absolute atomic E-state index is 14.9. The van der Waals surface area contributed by atoms with Gasteiger partial charge in [0.25, 0.3) is 5.91 Å². The Morgan fingerprint density at radius 3 is 2.03 bits per heavy atom. The number of carbonyl (C=O) groups is 3. The molecule has 0 bridgehead atoms. The van der Waals surface area contributed by atoms with Gasteiger partial charge in [0, 0.05) is 12.4 Å². The molecule has 0 atom stereocenters. The van der Waals surface area contributed by atoms with Gasteiger partial charge < -0.3 is 14.6 Å². The standard InChI is InChI=1S/C26H30FN5O6/c1-25(2,3)37-23(35)32(24(36)38-26(4,5)6)22-29-19-16(11-9-12-17(19)27)20(30-22)21(34)31(7)18-13-8-10-15(14-33)28-18/h8-13,33H,14H2,1-7H3. The summed E-state index contributed by atoms with van der Waals surface area (Å²) in [6.45, 7) is 9.22. The number of hydrogen-bond acceptors (Lipinski definition) is 9. The van der Waals surface area contributed by atoms with Crippen molar-refractivity contribution in [2.24, 2.45) is 0 Å². The number of halogens is 1. The zero-order valence-electron chi connectivity index (χ0n) is 22.3. The lowest BCUT2D eigenvalue weighted by atomic mass is 10.1. The SMILES string of the molecule is CN(C(=O)c1nc(N(C(=O)OC(C)(C)C)C(=O)OC(C)(C)C)nc2c(F)cccc12)c1cccc(CO)n1. The molecular formula is C26H30FN5O6. The molecule has 0 aliphatic carbocycles. The first kappa shape index (κ1) is 28.4. The molecule has 0 radical (unpaired) electrons. The van der Waals surface area contributed by atoms with Gasteiger partial charge in [0.1, 0.15) is 34.0 Å². The van der Waals surface area contributed by atoms with Crippen LogP contribution in [0.25, 0.3) is 10.9 Å². The van der Waals surface area contributed by atoms with Gasteiger partial charge in [-0.3, -0.25) is 9.69 Å². The van der Waals surface area contributed by atoms with E-state index < -0.39 is 41.1 Å². The van der Waals surface area contributed by atoms with Crippen LogP contribution in [0, 0.1) is 5.82 Å². The average Bonchev–Trinajstić information content (AvgIpc) is 2.81. The van der Waals surface area contributed by atoms with Crippen molar-refractivity contribution in [3.8, 4) is 0 Å². The summed E-state index contributed by atoms with van der Waals surface area (Å²) < 4.78 is 25.7. The van der Waals surface area contributed by atoms with Gasteiger partial charge in [0.2, 0.25) is 5.95 Å². The molecular weight excluding hydrogens is 497 g/mol. The Labute approximate surface area is 219 Å². The van der Waals surface area contributed by atoms with Crippen molar-refractivity contribution >= 4 is 40.8 Å². The number of benzene rings is 1. The molecule has 3 rings (SSSR count). The number of aliphatic hydroxyl groups is 1. The number of aromatic nitrogens is 3. The lowest BCUT2D eigenvalue weighted by Crippen LogP contribution is -2.45. The van der Waals surface area contributed by atoms with E-state index in [1.165, 1.54) is 25.2 Å². The molecule has 3 amide bonds. The van der Waals surface area contributed by atoms with E-state index in [4.69, 9.17) is 9.47 Å². The van der Waals surface area contributed by atoms with Crippen LogP contribution in [0.15, 0.2) is 36.4 Å². The summed E-state index contributed by atoms with van der Waals surface area (Å²) in [7, 11) is 1.41. The first-order valence-corrected chi connectivity index (χ1v) is 11.7. The fourth-order valence-electron chi connectivity index (χ4n) is 3.23. The van der Waals surface area contributed by atoms with Crippen molar-refractivity contribution in [3.63, 3.8) is 0 Å². The molecule has 1 aromatic carbocycles. The van der Waals surface area contributed by atoms with E-state index in [2.05, 4.69) is 15.0 Å². The van der Waals surface area contributed by atoms with Gasteiger partial charge in [0.05, 0.1) is 12.3 Å². The van der Waals surface area contributed by atoms with Crippen LogP contribution in [0.2, 0.25) is 0 Å². The number of ether oxygens (including phenoxy) is 2. The molecule has 0 fully saturated rings. The van der Waals surface area contributed by atoms with Crippen LogP contribution in [0.3, 0.4) is 0 Å². The third-order valence-electron chi connectivity index (χ3n) is 4.82. The molecule has 0 saturated heterocycles. The van der Waals surface area contributed by atoms with Gasteiger partial charge >= 0.3 is 12.2 Å². The summed E-state index contributed by atoms with van der Waals surface area (Å²) in [6, 6.07) is 8.65. The molecule has 38 heavy (non-hydrogen) atoms. The highest BCUT2D eigenvalue weighted by molar-refractivity contribution is 6.13. The van der Waals surface area contributed by atoms with Crippen LogP contribution >= 0.6 is 0 Å². The Balaban J connectivity index is 2.22. The number of fused-ring (bicyclic) bond motifs is 1. The maximum atomic E-state index is 14.9. The fourth-order valence-corrected chi connectivity index (χ4v) is 3.23. The molecule has 1 N–H and O–H groups in total. The third-order valence-corrected chi connectivity index (χ3v) is 4.82. The summed E-state index contributed by atoms with van der Waals surface area (Å²) in [5.41, 5.74) is -2.31. The highest BCUT2D eigenvalue weighted by Crippen LogP contribution is 2.26. The van der Waals surface area contributed by atoms with Gasteiger partial charge in [-0.25, -0.2) is 28.9 Å². The number of nitrogens with zero attached hydrogens (tertiary/aromatic N) is 5. The number of rotatable bonds is 4. The lowest BCUT2D eigenvalue weighted by molar-refractivity contribution is 0.0426. The van der Waals surface area contributed by atoms with E-state index >= 15 is 0 Å². The first-order chi connectivity index (χ1) is 17.6. The zero-order chi connectivity index (χ0) is 28.4. The number of imide groups is 1. The number of carbonyl (C=O) groups excluding carboxylic acids is 3. The number of aliphatic hydroxyl groups excluding tert-OH is 1. The lowest BCUT2D eigenvalue weighted by Gasteiger charge is -2.28.